The topological polar surface area (TPSA) is 62.7 Å². The van der Waals surface area contributed by atoms with Crippen molar-refractivity contribution in [2.75, 3.05) is 10.6 Å². The van der Waals surface area contributed by atoms with Crippen molar-refractivity contribution in [3.8, 4) is 0 Å². The molecule has 2 N–H and O–H groups in total. The number of aromatic nitrogens is 3. The van der Waals surface area contributed by atoms with E-state index in [2.05, 4.69) is 71.7 Å². The molecule has 1 aromatic heterocycles. The largest absolute Gasteiger partial charge is 0.339 e. The average molecular weight is 333 g/mol. The van der Waals surface area contributed by atoms with Crippen LogP contribution in [0.5, 0.6) is 0 Å². The minimum absolute atomic E-state index is 0.411. The second kappa shape index (κ2) is 7.30. The van der Waals surface area contributed by atoms with Crippen LogP contribution in [0.3, 0.4) is 0 Å². The van der Waals surface area contributed by atoms with E-state index < -0.39 is 0 Å². The van der Waals surface area contributed by atoms with E-state index in [0.717, 1.165) is 11.4 Å². The molecule has 0 fully saturated rings. The molecule has 5 heteroatoms. The summed E-state index contributed by atoms with van der Waals surface area (Å²) < 4.78 is 0. The van der Waals surface area contributed by atoms with Gasteiger partial charge in [-0.15, -0.1) is 5.10 Å². The summed E-state index contributed by atoms with van der Waals surface area (Å²) in [4.78, 5) is 4.52. The fraction of sp³-hybridized carbons (Fsp3) is 0.250. The fourth-order valence-corrected chi connectivity index (χ4v) is 2.62. The highest BCUT2D eigenvalue weighted by molar-refractivity contribution is 5.62. The summed E-state index contributed by atoms with van der Waals surface area (Å²) in [5.74, 6) is 1.54. The first-order valence-electron chi connectivity index (χ1n) is 8.43. The molecule has 0 bridgehead atoms. The first kappa shape index (κ1) is 16.9. The predicted molar refractivity (Wildman–Crippen MR) is 103 cm³/mol. The predicted octanol–water partition coefficient (Wildman–Crippen LogP) is 5.10. The van der Waals surface area contributed by atoms with Crippen molar-refractivity contribution in [2.24, 2.45) is 0 Å². The van der Waals surface area contributed by atoms with Crippen LogP contribution < -0.4 is 10.6 Å². The Kier molecular flexibility index (Phi) is 4.93. The smallest absolute Gasteiger partial charge is 0.249 e. The molecule has 3 rings (SSSR count). The Hall–Kier alpha value is -2.95. The third-order valence-electron chi connectivity index (χ3n) is 4.17. The van der Waals surface area contributed by atoms with Crippen LogP contribution in [0, 0.1) is 13.8 Å². The molecule has 0 amide bonds. The second-order valence-electron chi connectivity index (χ2n) is 6.46. The van der Waals surface area contributed by atoms with Crippen molar-refractivity contribution in [1.82, 2.24) is 15.2 Å². The zero-order valence-electron chi connectivity index (χ0n) is 15.0. The van der Waals surface area contributed by atoms with Crippen LogP contribution in [0.15, 0.2) is 48.7 Å². The lowest BCUT2D eigenvalue weighted by Crippen LogP contribution is -2.04. The van der Waals surface area contributed by atoms with E-state index in [1.165, 1.54) is 16.7 Å². The molecule has 0 unspecified atom stereocenters. The van der Waals surface area contributed by atoms with Crippen LogP contribution in [-0.4, -0.2) is 15.2 Å². The van der Waals surface area contributed by atoms with Gasteiger partial charge in [-0.3, -0.25) is 0 Å². The van der Waals surface area contributed by atoms with Gasteiger partial charge in [-0.2, -0.15) is 10.1 Å². The Bertz CT molecular complexity index is 873. The van der Waals surface area contributed by atoms with Crippen LogP contribution in [0.4, 0.5) is 23.1 Å². The number of rotatable bonds is 5. The highest BCUT2D eigenvalue weighted by Crippen LogP contribution is 2.26. The van der Waals surface area contributed by atoms with Gasteiger partial charge in [-0.1, -0.05) is 38.1 Å². The Balaban J connectivity index is 1.81. The number of nitrogens with zero attached hydrogens (tertiary/aromatic N) is 3. The van der Waals surface area contributed by atoms with Crippen LogP contribution >= 0.6 is 0 Å². The molecule has 0 aliphatic rings. The quantitative estimate of drug-likeness (QED) is 0.680. The first-order valence-corrected chi connectivity index (χ1v) is 8.43. The molecule has 0 aliphatic heterocycles. The molecule has 5 nitrogen and oxygen atoms in total. The van der Waals surface area contributed by atoms with E-state index in [-0.39, 0.29) is 0 Å². The molecular formula is C20H23N5. The fourth-order valence-electron chi connectivity index (χ4n) is 2.62. The van der Waals surface area contributed by atoms with Gasteiger partial charge in [0.15, 0.2) is 5.82 Å². The normalized spacial score (nSPS) is 10.8. The van der Waals surface area contributed by atoms with Crippen molar-refractivity contribution in [3.63, 3.8) is 0 Å². The van der Waals surface area contributed by atoms with E-state index >= 15 is 0 Å². The van der Waals surface area contributed by atoms with Gasteiger partial charge in [0.25, 0.3) is 0 Å². The Morgan fingerprint density at radius 1 is 0.920 bits per heavy atom. The molecule has 0 saturated heterocycles. The van der Waals surface area contributed by atoms with Gasteiger partial charge in [0.2, 0.25) is 5.95 Å². The Morgan fingerprint density at radius 2 is 1.72 bits per heavy atom. The maximum atomic E-state index is 4.52. The molecule has 0 radical (unpaired) electrons. The summed E-state index contributed by atoms with van der Waals surface area (Å²) in [5.41, 5.74) is 5.70. The number of hydrogen-bond acceptors (Lipinski definition) is 5. The van der Waals surface area contributed by atoms with Gasteiger partial charge in [0.1, 0.15) is 0 Å². The molecule has 0 spiro atoms. The summed E-state index contributed by atoms with van der Waals surface area (Å²) in [6, 6.07) is 14.4. The summed E-state index contributed by atoms with van der Waals surface area (Å²) in [5, 5.41) is 14.7. The molecule has 1 heterocycles. The van der Waals surface area contributed by atoms with Crippen molar-refractivity contribution < 1.29 is 0 Å². The monoisotopic (exact) mass is 333 g/mol. The SMILES string of the molecule is Cc1ccc(Nc2cnnc(Nc3ccccc3C(C)C)n2)cc1C. The third kappa shape index (κ3) is 4.12. The van der Waals surface area contributed by atoms with Crippen LogP contribution in [0.1, 0.15) is 36.5 Å². The number of anilines is 4. The zero-order valence-corrected chi connectivity index (χ0v) is 15.0. The molecule has 0 saturated carbocycles. The van der Waals surface area contributed by atoms with Gasteiger partial charge < -0.3 is 10.6 Å². The minimum Gasteiger partial charge on any atom is -0.339 e. The number of nitrogens with one attached hydrogen (secondary N) is 2. The van der Waals surface area contributed by atoms with E-state index in [4.69, 9.17) is 0 Å². The van der Waals surface area contributed by atoms with Gasteiger partial charge in [-0.05, 0) is 54.7 Å². The number of aryl methyl sites for hydroxylation is 2. The standard InChI is InChI=1S/C20H23N5/c1-13(2)17-7-5-6-8-18(17)23-20-24-19(12-21-25-20)22-16-10-9-14(3)15(4)11-16/h5-13H,1-4H3,(H2,22,23,24,25). The highest BCUT2D eigenvalue weighted by atomic mass is 15.3. The van der Waals surface area contributed by atoms with Crippen molar-refractivity contribution >= 4 is 23.1 Å². The lowest BCUT2D eigenvalue weighted by molar-refractivity contribution is 0.867. The van der Waals surface area contributed by atoms with Gasteiger partial charge in [0.05, 0.1) is 6.20 Å². The summed E-state index contributed by atoms with van der Waals surface area (Å²) in [6.45, 7) is 8.52. The molecule has 0 aliphatic carbocycles. The summed E-state index contributed by atoms with van der Waals surface area (Å²) >= 11 is 0. The van der Waals surface area contributed by atoms with E-state index in [9.17, 15) is 0 Å². The minimum atomic E-state index is 0.411. The number of para-hydroxylation sites is 1. The van der Waals surface area contributed by atoms with Crippen LogP contribution in [-0.2, 0) is 0 Å². The van der Waals surface area contributed by atoms with Crippen molar-refractivity contribution in [2.45, 2.75) is 33.6 Å². The maximum Gasteiger partial charge on any atom is 0.249 e. The lowest BCUT2D eigenvalue weighted by atomic mass is 10.0. The molecule has 0 atom stereocenters. The molecular weight excluding hydrogens is 310 g/mol. The average Bonchev–Trinajstić information content (AvgIpc) is 2.59. The summed E-state index contributed by atoms with van der Waals surface area (Å²) in [7, 11) is 0. The second-order valence-corrected chi connectivity index (χ2v) is 6.46. The van der Waals surface area contributed by atoms with Crippen molar-refractivity contribution in [1.29, 1.82) is 0 Å². The first-order chi connectivity index (χ1) is 12.0. The van der Waals surface area contributed by atoms with Gasteiger partial charge >= 0.3 is 0 Å². The molecule has 2 aromatic carbocycles. The van der Waals surface area contributed by atoms with E-state index in [1.807, 2.05) is 24.3 Å². The summed E-state index contributed by atoms with van der Waals surface area (Å²) in [6.07, 6.45) is 1.62. The molecule has 3 aromatic rings. The Labute approximate surface area is 148 Å². The zero-order chi connectivity index (χ0) is 17.8. The number of hydrogen-bond donors (Lipinski definition) is 2. The molecule has 25 heavy (non-hydrogen) atoms. The maximum absolute atomic E-state index is 4.52. The van der Waals surface area contributed by atoms with E-state index in [0.29, 0.717) is 17.7 Å². The third-order valence-corrected chi connectivity index (χ3v) is 4.17. The van der Waals surface area contributed by atoms with Crippen molar-refractivity contribution in [3.05, 3.63) is 65.4 Å². The van der Waals surface area contributed by atoms with E-state index in [1.54, 1.807) is 6.20 Å². The Morgan fingerprint density at radius 3 is 2.48 bits per heavy atom. The highest BCUT2D eigenvalue weighted by Gasteiger charge is 2.08. The lowest BCUT2D eigenvalue weighted by Gasteiger charge is -2.13. The van der Waals surface area contributed by atoms with Gasteiger partial charge in [-0.25, -0.2) is 0 Å². The van der Waals surface area contributed by atoms with Crippen LogP contribution in [0.2, 0.25) is 0 Å². The molecule has 128 valence electrons. The van der Waals surface area contributed by atoms with Gasteiger partial charge in [0, 0.05) is 11.4 Å². The van der Waals surface area contributed by atoms with Crippen LogP contribution in [0.25, 0.3) is 0 Å². The number of benzene rings is 2.